The average molecular weight is 381 g/mol. The first-order chi connectivity index (χ1) is 13.5. The van der Waals surface area contributed by atoms with Gasteiger partial charge in [-0.25, -0.2) is 0 Å². The van der Waals surface area contributed by atoms with Crippen LogP contribution in [0.5, 0.6) is 0 Å². The Hall–Kier alpha value is -3.10. The molecule has 0 aliphatic carbocycles. The lowest BCUT2D eigenvalue weighted by atomic mass is 9.86. The molecule has 0 saturated carbocycles. The van der Waals surface area contributed by atoms with Gasteiger partial charge in [0.15, 0.2) is 0 Å². The average Bonchev–Trinajstić information content (AvgIpc) is 2.70. The molecule has 0 atom stereocenters. The zero-order valence-corrected chi connectivity index (χ0v) is 14.9. The molecular formula is C20H17N2O6-. The Kier molecular flexibility index (Phi) is 4.44. The number of aliphatic hydroxyl groups excluding tert-OH is 1. The minimum absolute atomic E-state index is 0.0262. The van der Waals surface area contributed by atoms with Crippen LogP contribution in [0.3, 0.4) is 0 Å². The molecule has 2 aliphatic heterocycles. The van der Waals surface area contributed by atoms with Gasteiger partial charge in [-0.3, -0.25) is 29.0 Å². The van der Waals surface area contributed by atoms with E-state index in [4.69, 9.17) is 5.11 Å². The van der Waals surface area contributed by atoms with Crippen molar-refractivity contribution < 1.29 is 29.4 Å². The van der Waals surface area contributed by atoms with Crippen LogP contribution >= 0.6 is 0 Å². The van der Waals surface area contributed by atoms with Crippen LogP contribution in [-0.4, -0.2) is 64.8 Å². The van der Waals surface area contributed by atoms with Crippen molar-refractivity contribution in [3.8, 4) is 0 Å². The number of nitrogens with zero attached hydrogens (tertiary/aromatic N) is 2. The lowest BCUT2D eigenvalue weighted by Crippen LogP contribution is -2.44. The van der Waals surface area contributed by atoms with E-state index in [1.807, 2.05) is 0 Å². The monoisotopic (exact) mass is 381 g/mol. The summed E-state index contributed by atoms with van der Waals surface area (Å²) in [6.07, 6.45) is 0.417. The number of aliphatic hydroxyl groups is 1. The predicted octanol–water partition coefficient (Wildman–Crippen LogP) is 0.165. The van der Waals surface area contributed by atoms with Gasteiger partial charge in [-0.05, 0) is 30.7 Å². The van der Waals surface area contributed by atoms with Crippen LogP contribution in [0, 0.1) is 0 Å². The van der Waals surface area contributed by atoms with Gasteiger partial charge >= 0.3 is 0 Å². The summed E-state index contributed by atoms with van der Waals surface area (Å²) in [5.41, 5.74) is 0.986. The van der Waals surface area contributed by atoms with Crippen LogP contribution in [0.25, 0.3) is 10.8 Å². The second-order valence-electron chi connectivity index (χ2n) is 6.73. The van der Waals surface area contributed by atoms with Crippen molar-refractivity contribution in [2.45, 2.75) is 12.8 Å². The fraction of sp³-hybridized carbons (Fsp3) is 0.300. The molecule has 0 unspecified atom stereocenters. The Bertz CT molecular complexity index is 891. The molecule has 0 spiro atoms. The zero-order chi connectivity index (χ0) is 20.0. The first-order valence-corrected chi connectivity index (χ1v) is 9.02. The lowest BCUT2D eigenvalue weighted by Gasteiger charge is -2.32. The number of carbonyl (C=O) groups is 4. The van der Waals surface area contributed by atoms with E-state index in [9.17, 15) is 24.3 Å². The van der Waals surface area contributed by atoms with Crippen molar-refractivity contribution in [2.75, 3.05) is 26.3 Å². The molecule has 8 nitrogen and oxygen atoms in total. The molecule has 2 aromatic rings. The maximum absolute atomic E-state index is 12.8. The molecule has 144 valence electrons. The first kappa shape index (κ1) is 18.3. The highest BCUT2D eigenvalue weighted by Gasteiger charge is 2.39. The highest BCUT2D eigenvalue weighted by molar-refractivity contribution is 6.33. The summed E-state index contributed by atoms with van der Waals surface area (Å²) in [6, 6.07) is 5.96. The standard InChI is InChI=1S/C20H17N2O6/c23-9-1-7-21-17(25)11-3-5-13-16-14(6-4-12(15(11)16)18(21)26)20(28)22(19(13)27)8-2-10-24/h3-6,23H,1-2,7-10H2/q-1. The summed E-state index contributed by atoms with van der Waals surface area (Å²) in [5.74, 6) is -2.08. The fourth-order valence-electron chi connectivity index (χ4n) is 3.83. The van der Waals surface area contributed by atoms with E-state index in [0.29, 0.717) is 10.8 Å². The van der Waals surface area contributed by atoms with Gasteiger partial charge in [0.25, 0.3) is 23.6 Å². The molecule has 0 bridgehead atoms. The number of imide groups is 2. The van der Waals surface area contributed by atoms with Crippen LogP contribution in [0.4, 0.5) is 0 Å². The number of hydrogen-bond acceptors (Lipinski definition) is 6. The van der Waals surface area contributed by atoms with Crippen LogP contribution in [-0.2, 0) is 0 Å². The number of hydrogen-bond donors (Lipinski definition) is 1. The van der Waals surface area contributed by atoms with E-state index in [2.05, 4.69) is 0 Å². The maximum atomic E-state index is 12.8. The van der Waals surface area contributed by atoms with Crippen molar-refractivity contribution >= 4 is 34.4 Å². The topological polar surface area (TPSA) is 118 Å². The predicted molar refractivity (Wildman–Crippen MR) is 95.9 cm³/mol. The van der Waals surface area contributed by atoms with Gasteiger partial charge in [0.2, 0.25) is 0 Å². The molecular weight excluding hydrogens is 364 g/mol. The second kappa shape index (κ2) is 6.81. The molecule has 0 aromatic heterocycles. The number of benzene rings is 2. The summed E-state index contributed by atoms with van der Waals surface area (Å²) >= 11 is 0. The Morgan fingerprint density at radius 1 is 0.679 bits per heavy atom. The van der Waals surface area contributed by atoms with Crippen molar-refractivity contribution in [2.24, 2.45) is 0 Å². The molecule has 2 heterocycles. The smallest absolute Gasteiger partial charge is 0.261 e. The minimum atomic E-state index is -0.530. The molecule has 4 amide bonds. The van der Waals surface area contributed by atoms with Crippen LogP contribution in [0.1, 0.15) is 54.3 Å². The van der Waals surface area contributed by atoms with Crippen LogP contribution < -0.4 is 5.11 Å². The second-order valence-corrected chi connectivity index (χ2v) is 6.73. The third kappa shape index (κ3) is 2.45. The number of rotatable bonds is 6. The molecule has 0 saturated heterocycles. The van der Waals surface area contributed by atoms with Crippen molar-refractivity contribution in [3.05, 3.63) is 46.5 Å². The van der Waals surface area contributed by atoms with Crippen LogP contribution in [0.15, 0.2) is 24.3 Å². The molecule has 2 aromatic carbocycles. The summed E-state index contributed by atoms with van der Waals surface area (Å²) in [6.45, 7) is -0.443. The Labute approximate surface area is 160 Å². The molecule has 0 radical (unpaired) electrons. The quantitative estimate of drug-likeness (QED) is 0.713. The molecule has 28 heavy (non-hydrogen) atoms. The zero-order valence-electron chi connectivity index (χ0n) is 14.9. The number of carbonyl (C=O) groups excluding carboxylic acids is 4. The largest absolute Gasteiger partial charge is 0.854 e. The normalized spacial score (nSPS) is 15.8. The fourth-order valence-corrected chi connectivity index (χ4v) is 3.83. The van der Waals surface area contributed by atoms with Crippen molar-refractivity contribution in [3.63, 3.8) is 0 Å². The lowest BCUT2D eigenvalue weighted by molar-refractivity contribution is -0.368. The molecule has 1 N–H and O–H groups in total. The van der Waals surface area contributed by atoms with E-state index in [-0.39, 0.29) is 54.8 Å². The summed E-state index contributed by atoms with van der Waals surface area (Å²) < 4.78 is 0. The van der Waals surface area contributed by atoms with Crippen molar-refractivity contribution in [1.29, 1.82) is 0 Å². The molecule has 4 rings (SSSR count). The third-order valence-corrected chi connectivity index (χ3v) is 5.13. The van der Waals surface area contributed by atoms with E-state index < -0.39 is 30.2 Å². The molecule has 8 heteroatoms. The van der Waals surface area contributed by atoms with Gasteiger partial charge in [-0.15, -0.1) is 6.61 Å². The third-order valence-electron chi connectivity index (χ3n) is 5.13. The van der Waals surface area contributed by atoms with Gasteiger partial charge < -0.3 is 10.2 Å². The van der Waals surface area contributed by atoms with Gasteiger partial charge in [0.05, 0.1) is 0 Å². The molecule has 2 aliphatic rings. The van der Waals surface area contributed by atoms with Crippen LogP contribution in [0.2, 0.25) is 0 Å². The Morgan fingerprint density at radius 2 is 1.04 bits per heavy atom. The van der Waals surface area contributed by atoms with E-state index in [1.165, 1.54) is 24.3 Å². The van der Waals surface area contributed by atoms with E-state index in [1.54, 1.807) is 0 Å². The highest BCUT2D eigenvalue weighted by atomic mass is 16.3. The SMILES string of the molecule is O=C1c2ccc3c4c(ccc(c24)C(=O)N1CCC[O-])C(=O)N(CCCO)C3=O. The van der Waals surface area contributed by atoms with E-state index >= 15 is 0 Å². The Balaban J connectivity index is 1.91. The van der Waals surface area contributed by atoms with Gasteiger partial charge in [-0.2, -0.15) is 0 Å². The number of amides is 4. The summed E-state index contributed by atoms with van der Waals surface area (Å²) in [5, 5.41) is 20.4. The van der Waals surface area contributed by atoms with E-state index in [0.717, 1.165) is 9.80 Å². The van der Waals surface area contributed by atoms with Gasteiger partial charge in [-0.1, -0.05) is 6.42 Å². The summed E-state index contributed by atoms with van der Waals surface area (Å²) in [7, 11) is 0. The molecule has 0 fully saturated rings. The van der Waals surface area contributed by atoms with Crippen molar-refractivity contribution in [1.82, 2.24) is 9.80 Å². The maximum Gasteiger partial charge on any atom is 0.261 e. The first-order valence-electron chi connectivity index (χ1n) is 9.02. The Morgan fingerprint density at radius 3 is 1.36 bits per heavy atom. The van der Waals surface area contributed by atoms with Gasteiger partial charge in [0, 0.05) is 52.7 Å². The van der Waals surface area contributed by atoms with Gasteiger partial charge in [0.1, 0.15) is 0 Å². The summed E-state index contributed by atoms with van der Waals surface area (Å²) in [4.78, 5) is 53.4. The highest BCUT2D eigenvalue weighted by Crippen LogP contribution is 2.37. The minimum Gasteiger partial charge on any atom is -0.854 e.